The first-order chi connectivity index (χ1) is 14.9. The maximum atomic E-state index is 12.6. The van der Waals surface area contributed by atoms with E-state index < -0.39 is 18.5 Å². The van der Waals surface area contributed by atoms with Crippen molar-refractivity contribution in [2.75, 3.05) is 26.9 Å². The smallest absolute Gasteiger partial charge is 0.341 e. The van der Waals surface area contributed by atoms with Gasteiger partial charge in [0.15, 0.2) is 18.1 Å². The van der Waals surface area contributed by atoms with Crippen molar-refractivity contribution >= 4 is 46.6 Å². The monoisotopic (exact) mass is 463 g/mol. The molecule has 162 valence electrons. The van der Waals surface area contributed by atoms with Gasteiger partial charge in [-0.25, -0.2) is 4.79 Å². The van der Waals surface area contributed by atoms with E-state index in [1.807, 2.05) is 0 Å². The number of carbonyl (C=O) groups is 3. The van der Waals surface area contributed by atoms with Crippen LogP contribution in [0.1, 0.15) is 5.56 Å². The molecule has 0 spiro atoms. The topological polar surface area (TPSA) is 102 Å². The summed E-state index contributed by atoms with van der Waals surface area (Å²) in [5.41, 5.74) is 0.599. The van der Waals surface area contributed by atoms with Crippen LogP contribution in [0.3, 0.4) is 0 Å². The lowest BCUT2D eigenvalue weighted by Crippen LogP contribution is -2.32. The number of nitrogens with zero attached hydrogens (tertiary/aromatic N) is 1. The minimum Gasteiger partial charge on any atom is -0.493 e. The van der Waals surface area contributed by atoms with Gasteiger partial charge in [0.2, 0.25) is 0 Å². The molecule has 1 aliphatic rings. The van der Waals surface area contributed by atoms with Crippen LogP contribution in [0.5, 0.6) is 17.2 Å². The predicted molar refractivity (Wildman–Crippen MR) is 116 cm³/mol. The quantitative estimate of drug-likeness (QED) is 0.558. The van der Waals surface area contributed by atoms with E-state index >= 15 is 0 Å². The van der Waals surface area contributed by atoms with Gasteiger partial charge in [-0.2, -0.15) is 0 Å². The maximum Gasteiger partial charge on any atom is 0.341 e. The molecule has 0 aliphatic carbocycles. The van der Waals surface area contributed by atoms with Gasteiger partial charge in [-0.05, 0) is 59.8 Å². The summed E-state index contributed by atoms with van der Waals surface area (Å²) in [6, 6.07) is 11.5. The van der Waals surface area contributed by atoms with Gasteiger partial charge in [-0.15, -0.1) is 0 Å². The molecule has 1 saturated heterocycles. The Morgan fingerprint density at radius 2 is 1.87 bits per heavy atom. The Bertz CT molecular complexity index is 1020. The van der Waals surface area contributed by atoms with Gasteiger partial charge in [0, 0.05) is 5.02 Å². The van der Waals surface area contributed by atoms with Crippen LogP contribution in [0.25, 0.3) is 6.08 Å². The number of carboxylic acids is 1. The van der Waals surface area contributed by atoms with Gasteiger partial charge in [-0.1, -0.05) is 17.7 Å². The summed E-state index contributed by atoms with van der Waals surface area (Å²) >= 11 is 6.66. The van der Waals surface area contributed by atoms with Gasteiger partial charge < -0.3 is 19.3 Å². The molecular formula is C21H18ClNO7S. The third-order valence-electron chi connectivity index (χ3n) is 4.11. The van der Waals surface area contributed by atoms with E-state index in [0.29, 0.717) is 22.1 Å². The van der Waals surface area contributed by atoms with Gasteiger partial charge in [-0.3, -0.25) is 14.5 Å². The molecule has 2 amide bonds. The van der Waals surface area contributed by atoms with Crippen LogP contribution >= 0.6 is 23.4 Å². The van der Waals surface area contributed by atoms with Crippen molar-refractivity contribution in [3.8, 4) is 17.2 Å². The van der Waals surface area contributed by atoms with Crippen molar-refractivity contribution in [2.45, 2.75) is 0 Å². The molecule has 31 heavy (non-hydrogen) atoms. The molecule has 1 heterocycles. The number of amides is 2. The number of ether oxygens (including phenoxy) is 3. The molecule has 1 fully saturated rings. The second kappa shape index (κ2) is 10.2. The molecule has 0 saturated carbocycles. The molecule has 1 N–H and O–H groups in total. The first kappa shape index (κ1) is 22.5. The lowest BCUT2D eigenvalue weighted by Gasteiger charge is -2.13. The van der Waals surface area contributed by atoms with Crippen LogP contribution in [-0.2, 0) is 9.59 Å². The van der Waals surface area contributed by atoms with Crippen LogP contribution in [0.2, 0.25) is 5.02 Å². The Labute approximate surface area is 187 Å². The summed E-state index contributed by atoms with van der Waals surface area (Å²) in [5.74, 6) is -0.371. The zero-order valence-electron chi connectivity index (χ0n) is 16.4. The summed E-state index contributed by atoms with van der Waals surface area (Å²) in [5, 5.41) is 8.93. The van der Waals surface area contributed by atoms with E-state index in [4.69, 9.17) is 30.9 Å². The number of imide groups is 1. The number of aliphatic carboxylic acids is 1. The Morgan fingerprint density at radius 3 is 2.55 bits per heavy atom. The van der Waals surface area contributed by atoms with E-state index in [0.717, 1.165) is 16.7 Å². The highest BCUT2D eigenvalue weighted by atomic mass is 35.5. The van der Waals surface area contributed by atoms with Crippen LogP contribution in [0.4, 0.5) is 4.79 Å². The standard InChI is InChI=1S/C21H18ClNO7S/c1-28-17-10-13(2-7-16(17)30-12-19(24)25)11-18-20(26)23(21(27)31-18)8-9-29-15-5-3-14(22)4-6-15/h2-7,10-11H,8-9,12H2,1H3,(H,24,25)/b18-11-. The molecule has 2 aromatic carbocycles. The third-order valence-corrected chi connectivity index (χ3v) is 5.27. The van der Waals surface area contributed by atoms with Gasteiger partial charge >= 0.3 is 5.97 Å². The Hall–Kier alpha value is -3.17. The second-order valence-electron chi connectivity index (χ2n) is 6.23. The molecule has 10 heteroatoms. The highest BCUT2D eigenvalue weighted by molar-refractivity contribution is 8.18. The van der Waals surface area contributed by atoms with E-state index in [2.05, 4.69) is 0 Å². The van der Waals surface area contributed by atoms with Crippen molar-refractivity contribution < 1.29 is 33.7 Å². The van der Waals surface area contributed by atoms with E-state index in [9.17, 15) is 14.4 Å². The average Bonchev–Trinajstić information content (AvgIpc) is 3.01. The van der Waals surface area contributed by atoms with Crippen molar-refractivity contribution in [2.24, 2.45) is 0 Å². The SMILES string of the molecule is COc1cc(/C=C2\SC(=O)N(CCOc3ccc(Cl)cc3)C2=O)ccc1OCC(=O)O. The first-order valence-electron chi connectivity index (χ1n) is 9.03. The average molecular weight is 464 g/mol. The third kappa shape index (κ3) is 5.93. The largest absolute Gasteiger partial charge is 0.493 e. The molecule has 0 bridgehead atoms. The fraction of sp³-hybridized carbons (Fsp3) is 0.190. The molecule has 0 unspecified atom stereocenters. The summed E-state index contributed by atoms with van der Waals surface area (Å²) in [6.07, 6.45) is 1.56. The van der Waals surface area contributed by atoms with E-state index in [1.54, 1.807) is 42.5 Å². The van der Waals surface area contributed by atoms with Gasteiger partial charge in [0.25, 0.3) is 11.1 Å². The number of halogens is 1. The van der Waals surface area contributed by atoms with Gasteiger partial charge in [0.05, 0.1) is 18.6 Å². The van der Waals surface area contributed by atoms with Crippen LogP contribution in [-0.4, -0.2) is 54.0 Å². The number of hydrogen-bond donors (Lipinski definition) is 1. The minimum absolute atomic E-state index is 0.107. The van der Waals surface area contributed by atoms with Crippen LogP contribution in [0, 0.1) is 0 Å². The second-order valence-corrected chi connectivity index (χ2v) is 7.66. The van der Waals surface area contributed by atoms with Crippen molar-refractivity contribution in [3.63, 3.8) is 0 Å². The van der Waals surface area contributed by atoms with Gasteiger partial charge in [0.1, 0.15) is 12.4 Å². The number of hydrogen-bond acceptors (Lipinski definition) is 7. The fourth-order valence-electron chi connectivity index (χ4n) is 2.66. The van der Waals surface area contributed by atoms with Crippen molar-refractivity contribution in [3.05, 3.63) is 58.0 Å². The van der Waals surface area contributed by atoms with E-state index in [1.165, 1.54) is 13.2 Å². The molecule has 2 aromatic rings. The number of thioether (sulfide) groups is 1. The number of carboxylic acid groups (broad SMARTS) is 1. The van der Waals surface area contributed by atoms with Crippen molar-refractivity contribution in [1.82, 2.24) is 4.90 Å². The predicted octanol–water partition coefficient (Wildman–Crippen LogP) is 3.93. The lowest BCUT2D eigenvalue weighted by atomic mass is 10.2. The summed E-state index contributed by atoms with van der Waals surface area (Å²) in [6.45, 7) is -0.251. The Balaban J connectivity index is 1.65. The zero-order valence-corrected chi connectivity index (χ0v) is 17.9. The molecule has 0 radical (unpaired) electrons. The van der Waals surface area contributed by atoms with Crippen LogP contribution in [0.15, 0.2) is 47.4 Å². The summed E-state index contributed by atoms with van der Waals surface area (Å²) < 4.78 is 15.9. The molecule has 1 aliphatic heterocycles. The summed E-state index contributed by atoms with van der Waals surface area (Å²) in [4.78, 5) is 36.9. The summed E-state index contributed by atoms with van der Waals surface area (Å²) in [7, 11) is 1.42. The number of benzene rings is 2. The maximum absolute atomic E-state index is 12.6. The molecule has 0 atom stereocenters. The number of rotatable bonds is 9. The molecule has 3 rings (SSSR count). The molecule has 0 aromatic heterocycles. The lowest BCUT2D eigenvalue weighted by molar-refractivity contribution is -0.139. The highest BCUT2D eigenvalue weighted by Gasteiger charge is 2.34. The van der Waals surface area contributed by atoms with E-state index in [-0.39, 0.29) is 29.0 Å². The number of methoxy groups -OCH3 is 1. The fourth-order valence-corrected chi connectivity index (χ4v) is 3.65. The van der Waals surface area contributed by atoms with Crippen molar-refractivity contribution in [1.29, 1.82) is 0 Å². The molecular weight excluding hydrogens is 446 g/mol. The number of carbonyl (C=O) groups excluding carboxylic acids is 2. The first-order valence-corrected chi connectivity index (χ1v) is 10.2. The van der Waals surface area contributed by atoms with Crippen LogP contribution < -0.4 is 14.2 Å². The Kier molecular flexibility index (Phi) is 7.43. The Morgan fingerprint density at radius 1 is 1.13 bits per heavy atom. The zero-order chi connectivity index (χ0) is 22.4. The molecule has 8 nitrogen and oxygen atoms in total. The highest BCUT2D eigenvalue weighted by Crippen LogP contribution is 2.34. The normalized spacial score (nSPS) is 14.8. The minimum atomic E-state index is -1.11.